The fourth-order valence-electron chi connectivity index (χ4n) is 3.55. The van der Waals surface area contributed by atoms with E-state index < -0.39 is 45.1 Å². The number of ether oxygens (including phenoxy) is 3. The van der Waals surface area contributed by atoms with Crippen LogP contribution >= 0.6 is 11.3 Å². The van der Waals surface area contributed by atoms with Gasteiger partial charge in [0.2, 0.25) is 0 Å². The van der Waals surface area contributed by atoms with Crippen LogP contribution in [0.1, 0.15) is 58.7 Å². The molecule has 0 bridgehead atoms. The molecule has 0 fully saturated rings. The van der Waals surface area contributed by atoms with Crippen molar-refractivity contribution >= 4 is 43.6 Å². The average Bonchev–Trinajstić information content (AvgIpc) is 3.26. The van der Waals surface area contributed by atoms with Gasteiger partial charge in [0, 0.05) is 11.6 Å². The van der Waals surface area contributed by atoms with Crippen molar-refractivity contribution in [2.45, 2.75) is 64.5 Å². The predicted octanol–water partition coefficient (Wildman–Crippen LogP) is 6.06. The highest BCUT2D eigenvalue weighted by Crippen LogP contribution is 2.29. The van der Waals surface area contributed by atoms with E-state index in [0.29, 0.717) is 21.9 Å². The van der Waals surface area contributed by atoms with Crippen molar-refractivity contribution < 1.29 is 37.1 Å². The van der Waals surface area contributed by atoms with E-state index in [9.17, 15) is 18.0 Å². The van der Waals surface area contributed by atoms with Crippen LogP contribution in [0.2, 0.25) is 0 Å². The Labute approximate surface area is 232 Å². The molecule has 212 valence electrons. The molecule has 0 aliphatic rings. The number of nitrogens with zero attached hydrogens (tertiary/aromatic N) is 2. The molecule has 10 nitrogen and oxygen atoms in total. The summed E-state index contributed by atoms with van der Waals surface area (Å²) in [7, 11) is -2.40. The number of thiophene rings is 1. The van der Waals surface area contributed by atoms with Gasteiger partial charge in [0.1, 0.15) is 27.8 Å². The third-order valence-electron chi connectivity index (χ3n) is 5.08. The Morgan fingerprint density at radius 3 is 2.23 bits per heavy atom. The summed E-state index contributed by atoms with van der Waals surface area (Å²) in [5.74, 6) is -0.400. The van der Waals surface area contributed by atoms with Crippen molar-refractivity contribution in [1.29, 1.82) is 0 Å². The maximum atomic E-state index is 13.5. The van der Waals surface area contributed by atoms with E-state index in [2.05, 4.69) is 4.98 Å². The molecule has 1 atom stereocenters. The molecule has 39 heavy (non-hydrogen) atoms. The minimum absolute atomic E-state index is 0.340. The second-order valence-corrected chi connectivity index (χ2v) is 13.9. The summed E-state index contributed by atoms with van der Waals surface area (Å²) in [5, 5.41) is 3.34. The van der Waals surface area contributed by atoms with E-state index in [4.69, 9.17) is 19.0 Å². The van der Waals surface area contributed by atoms with Crippen molar-refractivity contribution in [3.8, 4) is 5.75 Å². The van der Waals surface area contributed by atoms with Gasteiger partial charge in [-0.3, -0.25) is 4.84 Å². The summed E-state index contributed by atoms with van der Waals surface area (Å²) in [6.07, 6.45) is -0.719. The zero-order chi connectivity index (χ0) is 29.0. The first-order chi connectivity index (χ1) is 18.0. The van der Waals surface area contributed by atoms with Crippen LogP contribution in [-0.2, 0) is 29.9 Å². The van der Waals surface area contributed by atoms with Gasteiger partial charge in [-0.2, -0.15) is 0 Å². The molecular weight excluding hydrogens is 544 g/mol. The fourth-order valence-corrected chi connectivity index (χ4v) is 5.86. The molecule has 0 radical (unpaired) electrons. The van der Waals surface area contributed by atoms with Crippen molar-refractivity contribution in [2.75, 3.05) is 12.9 Å². The van der Waals surface area contributed by atoms with E-state index in [1.165, 1.54) is 24.6 Å². The zero-order valence-electron chi connectivity index (χ0n) is 23.1. The van der Waals surface area contributed by atoms with Crippen molar-refractivity contribution in [3.05, 3.63) is 59.1 Å². The van der Waals surface area contributed by atoms with Gasteiger partial charge in [0.05, 0.1) is 18.6 Å². The molecule has 12 heteroatoms. The minimum Gasteiger partial charge on any atom is -0.497 e. The molecular formula is C27H34N2O8S2. The largest absolute Gasteiger partial charge is 0.534 e. The summed E-state index contributed by atoms with van der Waals surface area (Å²) >= 11 is 1.46. The SMILES string of the molecule is COc1ccc(C(CS(=O)(=O)Cc2cnc3sccc3c2)N(OC(=O)OC(C)(C)C)C(=O)OC(C)(C)C)cc1. The summed E-state index contributed by atoms with van der Waals surface area (Å²) < 4.78 is 42.9. The van der Waals surface area contributed by atoms with Crippen LogP contribution in [0.5, 0.6) is 5.75 Å². The Balaban J connectivity index is 2.01. The number of hydrogen-bond donors (Lipinski definition) is 0. The maximum absolute atomic E-state index is 13.5. The molecule has 2 heterocycles. The first-order valence-electron chi connectivity index (χ1n) is 12.1. The predicted molar refractivity (Wildman–Crippen MR) is 148 cm³/mol. The monoisotopic (exact) mass is 578 g/mol. The third-order valence-corrected chi connectivity index (χ3v) is 7.51. The molecule has 1 amide bonds. The highest BCUT2D eigenvalue weighted by atomic mass is 32.2. The van der Waals surface area contributed by atoms with Gasteiger partial charge in [-0.25, -0.2) is 23.0 Å². The standard InChI is InChI=1S/C27H34N2O8S2/c1-26(2,3)35-24(30)29(37-25(31)36-27(4,5)6)22(19-8-10-21(34-7)11-9-19)17-39(32,33)16-18-14-20-12-13-38-23(20)28-15-18/h8-15,22H,16-17H2,1-7H3. The average molecular weight is 579 g/mol. The summed E-state index contributed by atoms with van der Waals surface area (Å²) in [6.45, 7) is 9.83. The van der Waals surface area contributed by atoms with E-state index in [1.54, 1.807) is 71.9 Å². The lowest BCUT2D eigenvalue weighted by atomic mass is 10.1. The van der Waals surface area contributed by atoms with Crippen LogP contribution in [0.3, 0.4) is 0 Å². The van der Waals surface area contributed by atoms with Crippen LogP contribution < -0.4 is 4.74 Å². The van der Waals surface area contributed by atoms with Gasteiger partial charge >= 0.3 is 12.2 Å². The summed E-state index contributed by atoms with van der Waals surface area (Å²) in [4.78, 5) is 36.4. The number of amides is 1. The van der Waals surface area contributed by atoms with Gasteiger partial charge in [-0.15, -0.1) is 16.4 Å². The van der Waals surface area contributed by atoms with Crippen LogP contribution in [0.15, 0.2) is 48.0 Å². The fraction of sp³-hybridized carbons (Fsp3) is 0.444. The lowest BCUT2D eigenvalue weighted by molar-refractivity contribution is -0.153. The van der Waals surface area contributed by atoms with Gasteiger partial charge in [-0.05, 0) is 82.3 Å². The first-order valence-corrected chi connectivity index (χ1v) is 14.8. The highest BCUT2D eigenvalue weighted by molar-refractivity contribution is 7.90. The molecule has 0 saturated carbocycles. The van der Waals surface area contributed by atoms with Crippen LogP contribution in [0.4, 0.5) is 9.59 Å². The van der Waals surface area contributed by atoms with Gasteiger partial charge in [0.15, 0.2) is 9.84 Å². The van der Waals surface area contributed by atoms with Crippen molar-refractivity contribution in [1.82, 2.24) is 10.0 Å². The molecule has 1 aromatic carbocycles. The smallest absolute Gasteiger partial charge is 0.497 e. The normalized spacial score (nSPS) is 13.0. The van der Waals surface area contributed by atoms with Gasteiger partial charge in [-0.1, -0.05) is 12.1 Å². The number of sulfone groups is 1. The van der Waals surface area contributed by atoms with Crippen molar-refractivity contribution in [3.63, 3.8) is 0 Å². The Morgan fingerprint density at radius 2 is 1.64 bits per heavy atom. The van der Waals surface area contributed by atoms with Crippen LogP contribution in [-0.4, -0.2) is 54.8 Å². The molecule has 0 aliphatic carbocycles. The van der Waals surface area contributed by atoms with Gasteiger partial charge < -0.3 is 14.2 Å². The van der Waals surface area contributed by atoms with Crippen LogP contribution in [0.25, 0.3) is 10.2 Å². The van der Waals surface area contributed by atoms with Crippen molar-refractivity contribution in [2.24, 2.45) is 0 Å². The number of aromatic nitrogens is 1. The Kier molecular flexibility index (Phi) is 9.12. The zero-order valence-corrected chi connectivity index (χ0v) is 24.7. The summed E-state index contributed by atoms with van der Waals surface area (Å²) in [6, 6.07) is 8.78. The van der Waals surface area contributed by atoms with Crippen LogP contribution in [0, 0.1) is 0 Å². The molecule has 3 rings (SSSR count). The number of hydrogen-bond acceptors (Lipinski definition) is 10. The lowest BCUT2D eigenvalue weighted by Gasteiger charge is -2.32. The number of fused-ring (bicyclic) bond motifs is 1. The molecule has 0 aliphatic heterocycles. The lowest BCUT2D eigenvalue weighted by Crippen LogP contribution is -2.44. The van der Waals surface area contributed by atoms with E-state index in [1.807, 2.05) is 11.4 Å². The number of hydroxylamine groups is 2. The second kappa shape index (κ2) is 11.8. The molecule has 3 aromatic rings. The molecule has 0 spiro atoms. The quantitative estimate of drug-likeness (QED) is 0.243. The number of carbonyl (C=O) groups is 2. The number of benzene rings is 1. The second-order valence-electron chi connectivity index (χ2n) is 10.9. The first kappa shape index (κ1) is 30.2. The minimum atomic E-state index is -3.89. The number of pyridine rings is 1. The highest BCUT2D eigenvalue weighted by Gasteiger charge is 2.37. The molecule has 2 aromatic heterocycles. The Morgan fingerprint density at radius 1 is 1.00 bits per heavy atom. The molecule has 0 N–H and O–H groups in total. The maximum Gasteiger partial charge on any atom is 0.534 e. The molecule has 0 saturated heterocycles. The number of methoxy groups -OCH3 is 1. The van der Waals surface area contributed by atoms with E-state index >= 15 is 0 Å². The Hall–Kier alpha value is -3.38. The topological polar surface area (TPSA) is 121 Å². The van der Waals surface area contributed by atoms with E-state index in [-0.39, 0.29) is 5.75 Å². The molecule has 1 unspecified atom stereocenters. The summed E-state index contributed by atoms with van der Waals surface area (Å²) in [5.41, 5.74) is -1.02. The number of carbonyl (C=O) groups excluding carboxylic acids is 2. The third kappa shape index (κ3) is 9.10. The Bertz CT molecular complexity index is 1400. The number of rotatable bonds is 7. The van der Waals surface area contributed by atoms with E-state index in [0.717, 1.165) is 10.2 Å². The van der Waals surface area contributed by atoms with Gasteiger partial charge in [0.25, 0.3) is 0 Å².